The van der Waals surface area contributed by atoms with Gasteiger partial charge in [-0.2, -0.15) is 18.4 Å². The molecule has 2 aromatic rings. The average Bonchev–Trinajstić information content (AvgIpc) is 2.89. The number of nitrogens with one attached hydrogen (secondary N) is 1. The number of rotatable bonds is 3. The predicted molar refractivity (Wildman–Crippen MR) is 105 cm³/mol. The van der Waals surface area contributed by atoms with Crippen LogP contribution in [-0.4, -0.2) is 30.4 Å². The lowest BCUT2D eigenvalue weighted by Crippen LogP contribution is -2.44. The number of urea groups is 1. The number of imide groups is 1. The molecule has 11 heteroatoms. The normalized spacial score (nSPS) is 17.5. The van der Waals surface area contributed by atoms with E-state index in [1.54, 1.807) is 5.32 Å². The number of carbonyl (C=O) groups excluding carboxylic acids is 3. The van der Waals surface area contributed by atoms with Gasteiger partial charge in [0.05, 0.1) is 28.4 Å². The summed E-state index contributed by atoms with van der Waals surface area (Å²) in [4.78, 5) is 39.5. The molecule has 1 aliphatic rings. The minimum absolute atomic E-state index is 0.205. The van der Waals surface area contributed by atoms with Crippen molar-refractivity contribution >= 4 is 29.2 Å². The molecule has 3 rings (SSSR count). The van der Waals surface area contributed by atoms with Crippen LogP contribution in [-0.2, 0) is 11.0 Å². The maximum absolute atomic E-state index is 14.7. The van der Waals surface area contributed by atoms with Crippen molar-refractivity contribution in [2.45, 2.75) is 25.6 Å². The molecule has 1 aliphatic heterocycles. The van der Waals surface area contributed by atoms with Gasteiger partial charge in [-0.15, -0.1) is 0 Å². The molecule has 0 aliphatic carbocycles. The molecule has 166 valence electrons. The minimum atomic E-state index is -4.93. The Morgan fingerprint density at radius 3 is 2.38 bits per heavy atom. The summed E-state index contributed by atoms with van der Waals surface area (Å²) < 4.78 is 75.9. The van der Waals surface area contributed by atoms with Gasteiger partial charge in [-0.25, -0.2) is 14.1 Å². The highest BCUT2D eigenvalue weighted by Gasteiger charge is 2.53. The SMILES string of the molecule is [2H]C([2H])([2H])NC(=O)c1ccc(N2C(=O)N(c3ccc(C#N)c(C(F)(F)F)c3)C(=O)C2(C)C)cc1F. The Bertz CT molecular complexity index is 1290. The van der Waals surface area contributed by atoms with Crippen molar-refractivity contribution in [3.8, 4) is 6.07 Å². The maximum Gasteiger partial charge on any atom is 0.417 e. The van der Waals surface area contributed by atoms with Crippen LogP contribution in [0, 0.1) is 17.1 Å². The number of halogens is 4. The van der Waals surface area contributed by atoms with E-state index in [0.29, 0.717) is 11.0 Å². The monoisotopic (exact) mass is 451 g/mol. The van der Waals surface area contributed by atoms with Crippen LogP contribution in [0.25, 0.3) is 0 Å². The van der Waals surface area contributed by atoms with E-state index in [2.05, 4.69) is 0 Å². The standard InChI is InChI=1S/C21H16F4N4O3/c1-20(2)18(31)28(12-5-4-11(10-26)15(8-12)21(23,24)25)19(32)29(20)13-6-7-14(16(22)9-13)17(30)27-3/h4-9H,1-3H3,(H,27,30)/i3D3. The van der Waals surface area contributed by atoms with Crippen LogP contribution in [0.2, 0.25) is 0 Å². The highest BCUT2D eigenvalue weighted by molar-refractivity contribution is 6.30. The molecule has 4 amide bonds. The molecule has 0 atom stereocenters. The molecule has 0 aromatic heterocycles. The van der Waals surface area contributed by atoms with Gasteiger partial charge in [-0.1, -0.05) is 0 Å². The zero-order valence-electron chi connectivity index (χ0n) is 19.5. The van der Waals surface area contributed by atoms with Gasteiger partial charge in [0.25, 0.3) is 11.8 Å². The van der Waals surface area contributed by atoms with Gasteiger partial charge in [0.1, 0.15) is 11.4 Å². The highest BCUT2D eigenvalue weighted by atomic mass is 19.4. The molecule has 0 unspecified atom stereocenters. The molecule has 1 fully saturated rings. The number of amides is 4. The van der Waals surface area contributed by atoms with Crippen LogP contribution in [0.15, 0.2) is 36.4 Å². The Hall–Kier alpha value is -3.94. The van der Waals surface area contributed by atoms with Gasteiger partial charge in [0.2, 0.25) is 0 Å². The molecule has 1 heterocycles. The van der Waals surface area contributed by atoms with Crippen molar-refractivity contribution in [1.82, 2.24) is 5.32 Å². The second-order valence-corrected chi connectivity index (χ2v) is 7.28. The Kier molecular flexibility index (Phi) is 4.49. The first-order chi connectivity index (χ1) is 16.0. The largest absolute Gasteiger partial charge is 0.417 e. The molecule has 0 radical (unpaired) electrons. The van der Waals surface area contributed by atoms with Crippen LogP contribution in [0.5, 0.6) is 0 Å². The first-order valence-electron chi connectivity index (χ1n) is 10.4. The van der Waals surface area contributed by atoms with E-state index in [-0.39, 0.29) is 5.69 Å². The summed E-state index contributed by atoms with van der Waals surface area (Å²) in [7, 11) is 0. The smallest absolute Gasteiger partial charge is 0.355 e. The lowest BCUT2D eigenvalue weighted by molar-refractivity contribution is -0.137. The number of hydrogen-bond donors (Lipinski definition) is 1. The number of nitriles is 1. The van der Waals surface area contributed by atoms with Gasteiger partial charge in [0.15, 0.2) is 0 Å². The Labute approximate surface area is 184 Å². The molecule has 0 bridgehead atoms. The summed E-state index contributed by atoms with van der Waals surface area (Å²) in [5, 5.41) is 10.6. The Morgan fingerprint density at radius 2 is 1.81 bits per heavy atom. The molecular formula is C21H16F4N4O3. The van der Waals surface area contributed by atoms with Crippen molar-refractivity contribution in [3.63, 3.8) is 0 Å². The van der Waals surface area contributed by atoms with E-state index in [1.807, 2.05) is 0 Å². The summed E-state index contributed by atoms with van der Waals surface area (Å²) in [6.45, 7) is -0.304. The average molecular weight is 451 g/mol. The zero-order chi connectivity index (χ0) is 26.5. The lowest BCUT2D eigenvalue weighted by atomic mass is 10.0. The zero-order valence-corrected chi connectivity index (χ0v) is 16.5. The maximum atomic E-state index is 14.7. The van der Waals surface area contributed by atoms with Crippen molar-refractivity contribution in [2.24, 2.45) is 0 Å². The third-order valence-corrected chi connectivity index (χ3v) is 4.92. The molecule has 1 saturated heterocycles. The van der Waals surface area contributed by atoms with E-state index in [0.717, 1.165) is 35.2 Å². The van der Waals surface area contributed by atoms with Crippen LogP contribution >= 0.6 is 0 Å². The quantitative estimate of drug-likeness (QED) is 0.567. The van der Waals surface area contributed by atoms with Crippen molar-refractivity contribution < 1.29 is 36.1 Å². The summed E-state index contributed by atoms with van der Waals surface area (Å²) in [6.07, 6.45) is -4.93. The van der Waals surface area contributed by atoms with Crippen molar-refractivity contribution in [1.29, 1.82) is 5.26 Å². The van der Waals surface area contributed by atoms with Gasteiger partial charge in [-0.3, -0.25) is 14.5 Å². The topological polar surface area (TPSA) is 93.5 Å². The molecule has 1 N–H and O–H groups in total. The summed E-state index contributed by atoms with van der Waals surface area (Å²) in [6, 6.07) is 5.35. The third-order valence-electron chi connectivity index (χ3n) is 4.92. The summed E-state index contributed by atoms with van der Waals surface area (Å²) in [5.41, 5.74) is -5.02. The molecule has 32 heavy (non-hydrogen) atoms. The lowest BCUT2D eigenvalue weighted by Gasteiger charge is -2.27. The highest BCUT2D eigenvalue weighted by Crippen LogP contribution is 2.39. The van der Waals surface area contributed by atoms with Gasteiger partial charge < -0.3 is 5.32 Å². The number of alkyl halides is 3. The second kappa shape index (κ2) is 7.64. The van der Waals surface area contributed by atoms with Crippen LogP contribution in [0.1, 0.15) is 39.4 Å². The minimum Gasteiger partial charge on any atom is -0.355 e. The van der Waals surface area contributed by atoms with Crippen molar-refractivity contribution in [2.75, 3.05) is 16.8 Å². The third kappa shape index (κ3) is 3.53. The fraction of sp³-hybridized carbons (Fsp3) is 0.238. The Balaban J connectivity index is 2.04. The first-order valence-corrected chi connectivity index (χ1v) is 8.91. The number of anilines is 2. The van der Waals surface area contributed by atoms with Gasteiger partial charge >= 0.3 is 12.2 Å². The number of nitrogens with zero attached hydrogens (tertiary/aromatic N) is 3. The molecule has 0 spiro atoms. The summed E-state index contributed by atoms with van der Waals surface area (Å²) >= 11 is 0. The van der Waals surface area contributed by atoms with Crippen LogP contribution < -0.4 is 15.1 Å². The Morgan fingerprint density at radius 1 is 1.16 bits per heavy atom. The van der Waals surface area contributed by atoms with E-state index in [1.165, 1.54) is 19.9 Å². The summed E-state index contributed by atoms with van der Waals surface area (Å²) in [5.74, 6) is -3.36. The van der Waals surface area contributed by atoms with E-state index >= 15 is 0 Å². The van der Waals surface area contributed by atoms with Crippen molar-refractivity contribution in [3.05, 3.63) is 58.9 Å². The van der Waals surface area contributed by atoms with Gasteiger partial charge in [-0.05, 0) is 50.2 Å². The fourth-order valence-corrected chi connectivity index (χ4v) is 3.35. The van der Waals surface area contributed by atoms with E-state index in [9.17, 15) is 31.9 Å². The number of carbonyl (C=O) groups is 3. The predicted octanol–water partition coefficient (Wildman–Crippen LogP) is 3.83. The molecule has 0 saturated carbocycles. The van der Waals surface area contributed by atoms with E-state index in [4.69, 9.17) is 9.37 Å². The fourth-order valence-electron chi connectivity index (χ4n) is 3.35. The van der Waals surface area contributed by atoms with Crippen LogP contribution in [0.3, 0.4) is 0 Å². The number of hydrogen-bond acceptors (Lipinski definition) is 4. The first kappa shape index (κ1) is 18.8. The van der Waals surface area contributed by atoms with E-state index < -0.39 is 64.7 Å². The second-order valence-electron chi connectivity index (χ2n) is 7.28. The molecular weight excluding hydrogens is 432 g/mol. The van der Waals surface area contributed by atoms with Crippen LogP contribution in [0.4, 0.5) is 33.7 Å². The number of benzene rings is 2. The van der Waals surface area contributed by atoms with Gasteiger partial charge in [0, 0.05) is 16.8 Å². The molecule has 2 aromatic carbocycles. The molecule has 7 nitrogen and oxygen atoms in total.